The normalized spacial score (nSPS) is 6.53. The second-order valence-corrected chi connectivity index (χ2v) is 3.39. The third-order valence-corrected chi connectivity index (χ3v) is 1.61. The van der Waals surface area contributed by atoms with E-state index in [2.05, 4.69) is 0 Å². The van der Waals surface area contributed by atoms with E-state index in [1.807, 2.05) is 0 Å². The van der Waals surface area contributed by atoms with Gasteiger partial charge in [0.1, 0.15) is 0 Å². The van der Waals surface area contributed by atoms with Gasteiger partial charge in [0.25, 0.3) is 0 Å². The number of hydrogen-bond donors (Lipinski definition) is 2. The maximum atomic E-state index is 9.58. The third-order valence-electron chi connectivity index (χ3n) is 0.536. The molecule has 0 unspecified atom stereocenters. The average molecular weight is 439 g/mol. The molecule has 0 radical (unpaired) electrons. The van der Waals surface area contributed by atoms with Gasteiger partial charge in [0.2, 0.25) is 0 Å². The van der Waals surface area contributed by atoms with Crippen molar-refractivity contribution < 1.29 is 40.9 Å². The molecule has 0 saturated heterocycles. The van der Waals surface area contributed by atoms with Gasteiger partial charge in [0, 0.05) is 0 Å². The Labute approximate surface area is 112 Å². The van der Waals surface area contributed by atoms with Gasteiger partial charge in [-0.1, -0.05) is 0 Å². The van der Waals surface area contributed by atoms with Crippen LogP contribution in [0.25, 0.3) is 12.3 Å². The van der Waals surface area contributed by atoms with E-state index < -0.39 is 11.9 Å². The molecule has 0 aromatic heterocycles. The van der Waals surface area contributed by atoms with Crippen LogP contribution in [0.5, 0.6) is 0 Å². The Morgan fingerprint density at radius 3 is 1.13 bits per heavy atom. The molecule has 6 N–H and O–H groups in total. The maximum absolute atomic E-state index is 9.58. The monoisotopic (exact) mass is 439 g/mol. The summed E-state index contributed by atoms with van der Waals surface area (Å²) in [5, 5.41) is 15.8. The van der Waals surface area contributed by atoms with Crippen LogP contribution in [0.15, 0.2) is 0 Å². The van der Waals surface area contributed by atoms with Gasteiger partial charge in [-0.2, -0.15) is 23.5 Å². The summed E-state index contributed by atoms with van der Waals surface area (Å²) in [6.07, 6.45) is 3.52. The number of carboxylic acid groups (broad SMARTS) is 2. The van der Waals surface area contributed by atoms with Crippen LogP contribution in [0.4, 0.5) is 0 Å². The van der Waals surface area contributed by atoms with Crippen molar-refractivity contribution in [1.82, 2.24) is 0 Å². The second-order valence-electron chi connectivity index (χ2n) is 1.65. The van der Waals surface area contributed by atoms with E-state index in [1.54, 1.807) is 12.5 Å². The van der Waals surface area contributed by atoms with Crippen molar-refractivity contribution in [2.45, 2.75) is 0 Å². The van der Waals surface area contributed by atoms with E-state index in [0.29, 0.717) is 0 Å². The molecule has 0 aromatic carbocycles. The van der Waals surface area contributed by atoms with Crippen LogP contribution in [0.2, 0.25) is 0 Å². The minimum atomic E-state index is -0.748. The molecule has 0 heterocycles. The first kappa shape index (κ1) is 29.5. The Hall–Kier alpha value is 0.248. The first-order valence-corrected chi connectivity index (χ1v) is 5.74. The summed E-state index contributed by atoms with van der Waals surface area (Å²) in [6, 6.07) is 0. The van der Waals surface area contributed by atoms with E-state index >= 15 is 0 Å². The molecule has 96 valence electrons. The van der Waals surface area contributed by atoms with Crippen LogP contribution in [0, 0.1) is 0 Å². The zero-order valence-electron chi connectivity index (χ0n) is 8.41. The molecule has 0 aromatic rings. The Bertz CT molecular complexity index is 135. The molecule has 0 rings (SSSR count). The molecular formula is C6H16N2O4PtS2. The Morgan fingerprint density at radius 2 is 1.13 bits per heavy atom. The molecule has 0 aliphatic carbocycles. The predicted octanol–water partition coefficient (Wildman–Crippen LogP) is 2.30. The average Bonchev–Trinajstić information content (AvgIpc) is 1.87. The van der Waals surface area contributed by atoms with Gasteiger partial charge >= 0.3 is 33.0 Å². The number of nitrogens with two attached hydrogens (primary N) is 2. The van der Waals surface area contributed by atoms with Crippen molar-refractivity contribution in [2.75, 3.05) is 24.0 Å². The van der Waals surface area contributed by atoms with Crippen molar-refractivity contribution in [1.29, 1.82) is 0 Å². The number of carboxylic acids is 2. The van der Waals surface area contributed by atoms with Crippen LogP contribution in [-0.4, -0.2) is 46.2 Å². The Balaban J connectivity index is -0.0000000370. The van der Waals surface area contributed by atoms with Gasteiger partial charge < -0.3 is 22.5 Å². The van der Waals surface area contributed by atoms with Gasteiger partial charge in [0.15, 0.2) is 0 Å². The quantitative estimate of drug-likeness (QED) is 0.688. The molecule has 0 bridgehead atoms. The summed E-state index contributed by atoms with van der Waals surface area (Å²) >= 11 is 2.62. The van der Waals surface area contributed by atoms with Gasteiger partial charge in [-0.05, 0) is 12.5 Å². The van der Waals surface area contributed by atoms with Crippen molar-refractivity contribution in [2.24, 2.45) is 0 Å². The zero-order chi connectivity index (χ0) is 9.98. The third kappa shape index (κ3) is 54.8. The summed E-state index contributed by atoms with van der Waals surface area (Å²) in [7, 11) is 0. The molecule has 0 fully saturated rings. The van der Waals surface area contributed by atoms with Gasteiger partial charge in [-0.15, -0.1) is 0 Å². The number of carbonyl (C=O) groups is 2. The maximum Gasteiger partial charge on any atom is 2.00 e. The van der Waals surface area contributed by atoms with Crippen LogP contribution in [-0.2, 0) is 30.7 Å². The summed E-state index contributed by atoms with van der Waals surface area (Å²) in [6.45, 7) is 0. The molecule has 15 heavy (non-hydrogen) atoms. The largest absolute Gasteiger partial charge is 2.00 e. The van der Waals surface area contributed by atoms with Gasteiger partial charge in [0.05, 0.1) is 11.5 Å². The minimum absolute atomic E-state index is 0. The number of aliphatic carboxylic acids is 2. The molecule has 0 aliphatic rings. The molecule has 0 amide bonds. The van der Waals surface area contributed by atoms with E-state index in [4.69, 9.17) is 10.2 Å². The molecule has 0 saturated carbocycles. The summed E-state index contributed by atoms with van der Waals surface area (Å²) in [4.78, 5) is 19.2. The van der Waals surface area contributed by atoms with Crippen molar-refractivity contribution in [3.8, 4) is 0 Å². The molecular weight excluding hydrogens is 423 g/mol. The predicted molar refractivity (Wildman–Crippen MR) is 62.6 cm³/mol. The van der Waals surface area contributed by atoms with Gasteiger partial charge in [-0.25, -0.2) is 0 Å². The van der Waals surface area contributed by atoms with Crippen LogP contribution in [0.3, 0.4) is 0 Å². The Morgan fingerprint density at radius 1 is 0.933 bits per heavy atom. The van der Waals surface area contributed by atoms with Crippen molar-refractivity contribution in [3.63, 3.8) is 0 Å². The minimum Gasteiger partial charge on any atom is -0.693 e. The van der Waals surface area contributed by atoms with Crippen LogP contribution >= 0.6 is 23.5 Å². The fourth-order valence-corrected chi connectivity index (χ4v) is 0.741. The topological polar surface area (TPSA) is 142 Å². The summed E-state index contributed by atoms with van der Waals surface area (Å²) in [5.41, 5.74) is 0. The van der Waals surface area contributed by atoms with Crippen LogP contribution in [0.1, 0.15) is 0 Å². The molecule has 0 spiro atoms. The summed E-state index contributed by atoms with van der Waals surface area (Å²) < 4.78 is 0. The molecule has 9 heteroatoms. The SMILES string of the molecule is CSCC(=O)O.CSCC(=O)O.[NH2-].[NH2-].[Pt+2]. The first-order valence-electron chi connectivity index (χ1n) is 2.96. The van der Waals surface area contributed by atoms with E-state index in [9.17, 15) is 9.59 Å². The molecule has 0 atom stereocenters. The zero-order valence-corrected chi connectivity index (χ0v) is 12.3. The number of hydrogen-bond acceptors (Lipinski definition) is 4. The Kier molecular flexibility index (Phi) is 46.8. The second kappa shape index (κ2) is 23.8. The fourth-order valence-electron chi connectivity index (χ4n) is 0.247. The summed E-state index contributed by atoms with van der Waals surface area (Å²) in [5.74, 6) is -1.08. The van der Waals surface area contributed by atoms with Crippen molar-refractivity contribution in [3.05, 3.63) is 12.3 Å². The van der Waals surface area contributed by atoms with E-state index in [0.717, 1.165) is 0 Å². The standard InChI is InChI=1S/2C3H6O2S.2H2N.Pt/c2*1-6-2-3(4)5;;;/h2*2H2,1H3,(H,4,5);2*1H2;/q;;2*-1;+2. The van der Waals surface area contributed by atoms with Crippen molar-refractivity contribution >= 4 is 35.5 Å². The fraction of sp³-hybridized carbons (Fsp3) is 0.667. The van der Waals surface area contributed by atoms with E-state index in [-0.39, 0.29) is 44.9 Å². The number of thioether (sulfide) groups is 2. The van der Waals surface area contributed by atoms with Gasteiger partial charge in [-0.3, -0.25) is 9.59 Å². The van der Waals surface area contributed by atoms with E-state index in [1.165, 1.54) is 23.5 Å². The number of rotatable bonds is 4. The van der Waals surface area contributed by atoms with Crippen LogP contribution < -0.4 is 0 Å². The molecule has 0 aliphatic heterocycles. The first-order chi connectivity index (χ1) is 5.54. The smallest absolute Gasteiger partial charge is 0.693 e. The molecule has 6 nitrogen and oxygen atoms in total.